The number of amides is 1. The fourth-order valence-corrected chi connectivity index (χ4v) is 2.91. The van der Waals surface area contributed by atoms with Crippen molar-refractivity contribution < 1.29 is 4.79 Å². The molecule has 2 heterocycles. The summed E-state index contributed by atoms with van der Waals surface area (Å²) in [6.45, 7) is 0.270. The van der Waals surface area contributed by atoms with Crippen LogP contribution in [0.3, 0.4) is 0 Å². The first kappa shape index (κ1) is 14.7. The second kappa shape index (κ2) is 5.62. The van der Waals surface area contributed by atoms with Gasteiger partial charge in [0.05, 0.1) is 11.4 Å². The number of aromatic nitrogens is 2. The Balaban J connectivity index is 1.97. The van der Waals surface area contributed by atoms with Crippen LogP contribution in [0.4, 0.5) is 0 Å². The zero-order valence-corrected chi connectivity index (χ0v) is 13.2. The van der Waals surface area contributed by atoms with Crippen molar-refractivity contribution >= 4 is 17.5 Å². The van der Waals surface area contributed by atoms with Gasteiger partial charge in [-0.15, -0.1) is 0 Å². The number of hydrogen-bond acceptors (Lipinski definition) is 3. The highest BCUT2D eigenvalue weighted by molar-refractivity contribution is 6.30. The normalized spacial score (nSPS) is 12.8. The first-order valence-electron chi connectivity index (χ1n) is 7.40. The van der Waals surface area contributed by atoms with Crippen molar-refractivity contribution in [2.24, 2.45) is 0 Å². The predicted octanol–water partition coefficient (Wildman–Crippen LogP) is 2.80. The van der Waals surface area contributed by atoms with Crippen LogP contribution < -0.4 is 10.9 Å². The summed E-state index contributed by atoms with van der Waals surface area (Å²) in [7, 11) is 0. The van der Waals surface area contributed by atoms with E-state index in [4.69, 9.17) is 11.6 Å². The minimum Gasteiger partial charge on any atom is -0.348 e. The molecule has 3 aromatic rings. The lowest BCUT2D eigenvalue weighted by Crippen LogP contribution is -2.24. The molecule has 1 aromatic heterocycles. The van der Waals surface area contributed by atoms with E-state index in [-0.39, 0.29) is 18.0 Å². The van der Waals surface area contributed by atoms with E-state index >= 15 is 0 Å². The number of halogens is 1. The molecule has 0 aliphatic carbocycles. The van der Waals surface area contributed by atoms with Gasteiger partial charge in [0.25, 0.3) is 11.5 Å². The Morgan fingerprint density at radius 2 is 1.71 bits per heavy atom. The molecule has 1 amide bonds. The molecule has 6 heteroatoms. The molecule has 118 valence electrons. The highest BCUT2D eigenvalue weighted by Gasteiger charge is 2.22. The molecular formula is C18H12ClN3O2. The minimum atomic E-state index is -0.260. The molecular weight excluding hydrogens is 326 g/mol. The van der Waals surface area contributed by atoms with Crippen LogP contribution in [0.5, 0.6) is 0 Å². The summed E-state index contributed by atoms with van der Waals surface area (Å²) < 4.78 is 1.32. The number of hydrogen-bond donors (Lipinski definition) is 1. The Labute approximate surface area is 142 Å². The van der Waals surface area contributed by atoms with Gasteiger partial charge in [-0.25, -0.2) is 0 Å². The fraction of sp³-hybridized carbons (Fsp3) is 0.0556. The number of carbonyl (C=O) groups excluding carboxylic acids is 1. The summed E-state index contributed by atoms with van der Waals surface area (Å²) >= 11 is 5.91. The quantitative estimate of drug-likeness (QED) is 0.742. The molecule has 24 heavy (non-hydrogen) atoms. The van der Waals surface area contributed by atoms with Crippen molar-refractivity contribution in [3.8, 4) is 16.9 Å². The van der Waals surface area contributed by atoms with Gasteiger partial charge in [0.2, 0.25) is 0 Å². The molecule has 0 unspecified atom stereocenters. The molecule has 5 nitrogen and oxygen atoms in total. The van der Waals surface area contributed by atoms with Gasteiger partial charge in [-0.1, -0.05) is 29.8 Å². The summed E-state index contributed by atoms with van der Waals surface area (Å²) in [6, 6.07) is 15.6. The summed E-state index contributed by atoms with van der Waals surface area (Å²) in [4.78, 5) is 24.6. The Morgan fingerprint density at radius 3 is 2.46 bits per heavy atom. The van der Waals surface area contributed by atoms with E-state index in [2.05, 4.69) is 10.4 Å². The van der Waals surface area contributed by atoms with Gasteiger partial charge in [-0.3, -0.25) is 9.59 Å². The highest BCUT2D eigenvalue weighted by Crippen LogP contribution is 2.27. The van der Waals surface area contributed by atoms with Crippen molar-refractivity contribution in [3.63, 3.8) is 0 Å². The topological polar surface area (TPSA) is 64.0 Å². The molecule has 0 saturated heterocycles. The Kier molecular flexibility index (Phi) is 3.43. The van der Waals surface area contributed by atoms with Gasteiger partial charge in [0, 0.05) is 34.3 Å². The maximum atomic E-state index is 12.4. The van der Waals surface area contributed by atoms with Crippen LogP contribution in [0.25, 0.3) is 16.9 Å². The third kappa shape index (κ3) is 2.39. The SMILES string of the molecule is O=C1NCc2cc(=O)n(-c3ccc(Cl)cc3)nc2-c2ccccc21. The second-order valence-corrected chi connectivity index (χ2v) is 5.91. The van der Waals surface area contributed by atoms with E-state index in [0.29, 0.717) is 33.1 Å². The molecule has 0 atom stereocenters. The second-order valence-electron chi connectivity index (χ2n) is 5.47. The lowest BCUT2D eigenvalue weighted by atomic mass is 10.0. The van der Waals surface area contributed by atoms with E-state index < -0.39 is 0 Å². The monoisotopic (exact) mass is 337 g/mol. The van der Waals surface area contributed by atoms with Crippen molar-refractivity contribution in [3.05, 3.63) is 81.1 Å². The number of benzene rings is 2. The predicted molar refractivity (Wildman–Crippen MR) is 91.5 cm³/mol. The molecule has 1 aliphatic heterocycles. The molecule has 0 fully saturated rings. The number of fused-ring (bicyclic) bond motifs is 3. The average Bonchev–Trinajstić information content (AvgIpc) is 2.73. The maximum absolute atomic E-state index is 12.4. The largest absolute Gasteiger partial charge is 0.348 e. The van der Waals surface area contributed by atoms with Crippen LogP contribution in [0.15, 0.2) is 59.4 Å². The molecule has 2 aromatic carbocycles. The Hall–Kier alpha value is -2.92. The van der Waals surface area contributed by atoms with Gasteiger partial charge in [0.1, 0.15) is 0 Å². The molecule has 0 radical (unpaired) electrons. The maximum Gasteiger partial charge on any atom is 0.271 e. The number of nitrogens with zero attached hydrogens (tertiary/aromatic N) is 2. The summed E-state index contributed by atoms with van der Waals surface area (Å²) in [5.74, 6) is -0.172. The molecule has 0 bridgehead atoms. The van der Waals surface area contributed by atoms with Gasteiger partial charge in [0.15, 0.2) is 0 Å². The molecule has 0 spiro atoms. The smallest absolute Gasteiger partial charge is 0.271 e. The average molecular weight is 338 g/mol. The molecule has 0 saturated carbocycles. The van der Waals surface area contributed by atoms with Crippen molar-refractivity contribution in [1.29, 1.82) is 0 Å². The van der Waals surface area contributed by atoms with Crippen molar-refractivity contribution in [2.45, 2.75) is 6.54 Å². The summed E-state index contributed by atoms with van der Waals surface area (Å²) in [6.07, 6.45) is 0. The zero-order chi connectivity index (χ0) is 16.7. The zero-order valence-electron chi connectivity index (χ0n) is 12.5. The van der Waals surface area contributed by atoms with Crippen LogP contribution in [0.1, 0.15) is 15.9 Å². The van der Waals surface area contributed by atoms with Gasteiger partial charge >= 0.3 is 0 Å². The summed E-state index contributed by atoms with van der Waals surface area (Å²) in [5, 5.41) is 7.91. The van der Waals surface area contributed by atoms with Gasteiger partial charge < -0.3 is 5.32 Å². The van der Waals surface area contributed by atoms with Gasteiger partial charge in [-0.2, -0.15) is 9.78 Å². The van der Waals surface area contributed by atoms with Crippen LogP contribution in [-0.2, 0) is 6.54 Å². The minimum absolute atomic E-state index is 0.172. The van der Waals surface area contributed by atoms with E-state index in [0.717, 1.165) is 0 Å². The highest BCUT2D eigenvalue weighted by atomic mass is 35.5. The summed E-state index contributed by atoms with van der Waals surface area (Å²) in [5.41, 5.74) is 2.94. The van der Waals surface area contributed by atoms with Crippen molar-refractivity contribution in [1.82, 2.24) is 15.1 Å². The lowest BCUT2D eigenvalue weighted by Gasteiger charge is -2.11. The van der Waals surface area contributed by atoms with E-state index in [9.17, 15) is 9.59 Å². The third-order valence-electron chi connectivity index (χ3n) is 3.95. The van der Waals surface area contributed by atoms with E-state index in [1.165, 1.54) is 10.7 Å². The van der Waals surface area contributed by atoms with Crippen molar-refractivity contribution in [2.75, 3.05) is 0 Å². The number of carbonyl (C=O) groups is 1. The Bertz CT molecular complexity index is 1010. The fourth-order valence-electron chi connectivity index (χ4n) is 2.78. The van der Waals surface area contributed by atoms with E-state index in [1.807, 2.05) is 12.1 Å². The van der Waals surface area contributed by atoms with Crippen LogP contribution in [0.2, 0.25) is 5.02 Å². The standard InChI is InChI=1S/C18H12ClN3O2/c19-12-5-7-13(8-6-12)22-16(23)9-11-10-20-18(24)15-4-2-1-3-14(15)17(11)21-22/h1-9H,10H2,(H,20,24). The molecule has 4 rings (SSSR count). The van der Waals surface area contributed by atoms with Crippen LogP contribution in [0, 0.1) is 0 Å². The van der Waals surface area contributed by atoms with Gasteiger partial charge in [-0.05, 0) is 30.3 Å². The first-order valence-corrected chi connectivity index (χ1v) is 7.78. The van der Waals surface area contributed by atoms with Crippen LogP contribution in [-0.4, -0.2) is 15.7 Å². The van der Waals surface area contributed by atoms with E-state index in [1.54, 1.807) is 36.4 Å². The molecule has 1 N–H and O–H groups in total. The lowest BCUT2D eigenvalue weighted by molar-refractivity contribution is 0.0953. The first-order chi connectivity index (χ1) is 11.6. The third-order valence-corrected chi connectivity index (χ3v) is 4.20. The number of nitrogens with one attached hydrogen (secondary N) is 1. The Morgan fingerprint density at radius 1 is 1.00 bits per heavy atom. The van der Waals surface area contributed by atoms with Crippen LogP contribution >= 0.6 is 11.6 Å². The number of rotatable bonds is 1. The molecule has 1 aliphatic rings.